The van der Waals surface area contributed by atoms with E-state index in [0.717, 1.165) is 6.92 Å². The van der Waals surface area contributed by atoms with Crippen LogP contribution in [0, 0.1) is 11.3 Å². The molecule has 0 heterocycles. The molecule has 0 amide bonds. The van der Waals surface area contributed by atoms with E-state index in [9.17, 15) is 8.78 Å². The SMILES string of the molecule is CC(CC(C)(C)C)C(C)(F)F. The largest absolute Gasteiger partial charge is 0.247 e. The summed E-state index contributed by atoms with van der Waals surface area (Å²) in [5, 5.41) is 0. The molecular formula is C9H18F2. The third-order valence-electron chi connectivity index (χ3n) is 1.78. The Kier molecular flexibility index (Phi) is 3.04. The Balaban J connectivity index is 3.99. The van der Waals surface area contributed by atoms with Crippen molar-refractivity contribution < 1.29 is 8.78 Å². The van der Waals surface area contributed by atoms with Crippen molar-refractivity contribution >= 4 is 0 Å². The van der Waals surface area contributed by atoms with Crippen LogP contribution in [0.1, 0.15) is 41.0 Å². The van der Waals surface area contributed by atoms with Crippen LogP contribution in [0.3, 0.4) is 0 Å². The Hall–Kier alpha value is -0.140. The smallest absolute Gasteiger partial charge is 0.207 e. The van der Waals surface area contributed by atoms with Gasteiger partial charge in [-0.2, -0.15) is 0 Å². The van der Waals surface area contributed by atoms with Gasteiger partial charge < -0.3 is 0 Å². The van der Waals surface area contributed by atoms with E-state index in [1.807, 2.05) is 20.8 Å². The van der Waals surface area contributed by atoms with E-state index >= 15 is 0 Å². The first-order chi connectivity index (χ1) is 4.63. The van der Waals surface area contributed by atoms with Crippen LogP contribution in [-0.4, -0.2) is 5.92 Å². The third kappa shape index (κ3) is 5.16. The Labute approximate surface area is 68.0 Å². The molecule has 1 unspecified atom stereocenters. The Morgan fingerprint density at radius 2 is 1.45 bits per heavy atom. The molecule has 0 nitrogen and oxygen atoms in total. The monoisotopic (exact) mass is 164 g/mol. The van der Waals surface area contributed by atoms with E-state index in [1.54, 1.807) is 6.92 Å². The van der Waals surface area contributed by atoms with Gasteiger partial charge in [0.15, 0.2) is 0 Å². The molecule has 2 heteroatoms. The van der Waals surface area contributed by atoms with Crippen LogP contribution in [0.25, 0.3) is 0 Å². The van der Waals surface area contributed by atoms with E-state index in [2.05, 4.69) is 0 Å². The highest BCUT2D eigenvalue weighted by Crippen LogP contribution is 2.33. The normalized spacial score (nSPS) is 16.6. The molecule has 68 valence electrons. The molecule has 0 aliphatic heterocycles. The van der Waals surface area contributed by atoms with Gasteiger partial charge in [0, 0.05) is 5.92 Å². The average Bonchev–Trinajstić information content (AvgIpc) is 1.56. The van der Waals surface area contributed by atoms with Gasteiger partial charge in [0.25, 0.3) is 0 Å². The molecule has 0 rings (SSSR count). The molecule has 11 heavy (non-hydrogen) atoms. The minimum atomic E-state index is -2.53. The molecule has 0 saturated carbocycles. The first kappa shape index (κ1) is 10.9. The summed E-state index contributed by atoms with van der Waals surface area (Å²) in [6.45, 7) is 8.54. The lowest BCUT2D eigenvalue weighted by molar-refractivity contribution is -0.0458. The second-order valence-electron chi connectivity index (χ2n) is 4.62. The quantitative estimate of drug-likeness (QED) is 0.583. The molecule has 0 aromatic carbocycles. The highest BCUT2D eigenvalue weighted by molar-refractivity contribution is 4.74. The third-order valence-corrected chi connectivity index (χ3v) is 1.78. The van der Waals surface area contributed by atoms with Crippen LogP contribution in [0.15, 0.2) is 0 Å². The van der Waals surface area contributed by atoms with Crippen LogP contribution >= 0.6 is 0 Å². The minimum Gasteiger partial charge on any atom is -0.207 e. The standard InChI is InChI=1S/C9H18F2/c1-7(9(5,10)11)6-8(2,3)4/h7H,6H2,1-5H3. The molecule has 0 aliphatic carbocycles. The number of alkyl halides is 2. The molecule has 0 aliphatic rings. The minimum absolute atomic E-state index is 0.00113. The van der Waals surface area contributed by atoms with Gasteiger partial charge in [0.05, 0.1) is 0 Å². The summed E-state index contributed by atoms with van der Waals surface area (Å²) in [4.78, 5) is 0. The van der Waals surface area contributed by atoms with Crippen LogP contribution in [0.4, 0.5) is 8.78 Å². The van der Waals surface area contributed by atoms with Crippen molar-refractivity contribution in [1.29, 1.82) is 0 Å². The van der Waals surface area contributed by atoms with Gasteiger partial charge in [0.2, 0.25) is 5.92 Å². The predicted octanol–water partition coefficient (Wildman–Crippen LogP) is 3.71. The summed E-state index contributed by atoms with van der Waals surface area (Å²) in [6.07, 6.45) is 0.566. The molecule has 1 atom stereocenters. The van der Waals surface area contributed by atoms with E-state index in [1.165, 1.54) is 0 Å². The van der Waals surface area contributed by atoms with Gasteiger partial charge in [-0.3, -0.25) is 0 Å². The van der Waals surface area contributed by atoms with E-state index in [-0.39, 0.29) is 5.41 Å². The van der Waals surface area contributed by atoms with Gasteiger partial charge in [-0.25, -0.2) is 8.78 Å². The van der Waals surface area contributed by atoms with Crippen LogP contribution in [0.2, 0.25) is 0 Å². The molecule has 0 fully saturated rings. The zero-order valence-electron chi connectivity index (χ0n) is 8.04. The first-order valence-electron chi connectivity index (χ1n) is 4.01. The van der Waals surface area contributed by atoms with Crippen molar-refractivity contribution in [2.24, 2.45) is 11.3 Å². The highest BCUT2D eigenvalue weighted by atomic mass is 19.3. The van der Waals surface area contributed by atoms with Crippen molar-refractivity contribution in [3.05, 3.63) is 0 Å². The van der Waals surface area contributed by atoms with Crippen LogP contribution in [0.5, 0.6) is 0 Å². The van der Waals surface area contributed by atoms with Gasteiger partial charge >= 0.3 is 0 Å². The topological polar surface area (TPSA) is 0 Å². The van der Waals surface area contributed by atoms with E-state index in [0.29, 0.717) is 6.42 Å². The zero-order chi connectivity index (χ0) is 9.28. The lowest BCUT2D eigenvalue weighted by atomic mass is 9.83. The van der Waals surface area contributed by atoms with Crippen molar-refractivity contribution in [3.63, 3.8) is 0 Å². The van der Waals surface area contributed by atoms with Crippen molar-refractivity contribution in [1.82, 2.24) is 0 Å². The number of hydrogen-bond donors (Lipinski definition) is 0. The zero-order valence-corrected chi connectivity index (χ0v) is 8.04. The molecule has 0 bridgehead atoms. The fourth-order valence-corrected chi connectivity index (χ4v) is 1.10. The number of halogens is 2. The summed E-state index contributed by atoms with van der Waals surface area (Å²) in [7, 11) is 0. The van der Waals surface area contributed by atoms with Crippen molar-refractivity contribution in [2.45, 2.75) is 47.0 Å². The maximum atomic E-state index is 12.6. The number of rotatable bonds is 2. The fraction of sp³-hybridized carbons (Fsp3) is 1.00. The summed E-state index contributed by atoms with van der Waals surface area (Å²) >= 11 is 0. The maximum absolute atomic E-state index is 12.6. The first-order valence-corrected chi connectivity index (χ1v) is 4.01. The average molecular weight is 164 g/mol. The van der Waals surface area contributed by atoms with Crippen LogP contribution in [-0.2, 0) is 0 Å². The number of hydrogen-bond acceptors (Lipinski definition) is 0. The fourth-order valence-electron chi connectivity index (χ4n) is 1.10. The second kappa shape index (κ2) is 3.08. The molecule has 0 aromatic rings. The lowest BCUT2D eigenvalue weighted by Crippen LogP contribution is -2.25. The molecule has 0 N–H and O–H groups in total. The van der Waals surface area contributed by atoms with E-state index < -0.39 is 11.8 Å². The van der Waals surface area contributed by atoms with E-state index in [4.69, 9.17) is 0 Å². The highest BCUT2D eigenvalue weighted by Gasteiger charge is 2.32. The van der Waals surface area contributed by atoms with Gasteiger partial charge in [0.1, 0.15) is 0 Å². The predicted molar refractivity (Wildman–Crippen MR) is 43.9 cm³/mol. The summed E-state index contributed by atoms with van der Waals surface area (Å²) in [6, 6.07) is 0. The van der Waals surface area contributed by atoms with Gasteiger partial charge in [-0.1, -0.05) is 27.7 Å². The summed E-state index contributed by atoms with van der Waals surface area (Å²) < 4.78 is 25.3. The molecule has 0 spiro atoms. The second-order valence-corrected chi connectivity index (χ2v) is 4.62. The van der Waals surface area contributed by atoms with Gasteiger partial charge in [-0.15, -0.1) is 0 Å². The van der Waals surface area contributed by atoms with Crippen molar-refractivity contribution in [2.75, 3.05) is 0 Å². The Morgan fingerprint density at radius 3 is 1.55 bits per heavy atom. The summed E-state index contributed by atoms with van der Waals surface area (Å²) in [5.74, 6) is -3.06. The molecule has 0 saturated heterocycles. The van der Waals surface area contributed by atoms with Crippen LogP contribution < -0.4 is 0 Å². The maximum Gasteiger partial charge on any atom is 0.247 e. The Morgan fingerprint density at radius 1 is 1.09 bits per heavy atom. The molecule has 0 radical (unpaired) electrons. The van der Waals surface area contributed by atoms with Gasteiger partial charge in [-0.05, 0) is 18.8 Å². The lowest BCUT2D eigenvalue weighted by Gasteiger charge is -2.27. The molecule has 0 aromatic heterocycles. The van der Waals surface area contributed by atoms with Crippen molar-refractivity contribution in [3.8, 4) is 0 Å². The Bertz CT molecular complexity index is 117. The molecular weight excluding hydrogens is 146 g/mol. The summed E-state index contributed by atoms with van der Waals surface area (Å²) in [5.41, 5.74) is -0.00113.